The van der Waals surface area contributed by atoms with Crippen LogP contribution in [0.25, 0.3) is 33.5 Å². The van der Waals surface area contributed by atoms with Crippen molar-refractivity contribution in [2.45, 2.75) is 58.8 Å². The maximum Gasteiger partial charge on any atom is 0.410 e. The Labute approximate surface area is 226 Å². The van der Waals surface area contributed by atoms with Crippen LogP contribution in [-0.4, -0.2) is 65.5 Å². The van der Waals surface area contributed by atoms with E-state index in [9.17, 15) is 4.79 Å². The smallest absolute Gasteiger partial charge is 0.410 e. The lowest BCUT2D eigenvalue weighted by Crippen LogP contribution is -2.46. The third-order valence-corrected chi connectivity index (χ3v) is 6.33. The second-order valence-corrected chi connectivity index (χ2v) is 10.5. The summed E-state index contributed by atoms with van der Waals surface area (Å²) < 4.78 is 13.6. The van der Waals surface area contributed by atoms with Gasteiger partial charge in [-0.25, -0.2) is 19.7 Å². The van der Waals surface area contributed by atoms with Gasteiger partial charge in [-0.15, -0.1) is 0 Å². The topological polar surface area (TPSA) is 108 Å². The molecule has 1 saturated heterocycles. The Morgan fingerprint density at radius 3 is 2.76 bits per heavy atom. The van der Waals surface area contributed by atoms with Gasteiger partial charge in [-0.05, 0) is 70.3 Å². The molecule has 0 bridgehead atoms. The number of ether oxygens (including phenoxy) is 2. The molecule has 1 aliphatic heterocycles. The number of carbonyl (C=O) groups is 1. The average Bonchev–Trinajstić information content (AvgIpc) is 3.26. The van der Waals surface area contributed by atoms with Crippen LogP contribution in [0, 0.1) is 0 Å². The van der Waals surface area contributed by atoms with Gasteiger partial charge in [0.1, 0.15) is 23.1 Å². The second-order valence-electron chi connectivity index (χ2n) is 10.2. The normalized spacial score (nSPS) is 16.0. The van der Waals surface area contributed by atoms with Crippen LogP contribution < -0.4 is 4.74 Å². The van der Waals surface area contributed by atoms with Gasteiger partial charge < -0.3 is 14.4 Å². The molecular weight excluding hydrogens is 506 g/mol. The number of benzene rings is 1. The lowest BCUT2D eigenvalue weighted by Gasteiger charge is -2.33. The molecule has 0 N–H and O–H groups in total. The molecule has 1 unspecified atom stereocenters. The zero-order valence-corrected chi connectivity index (χ0v) is 22.6. The Morgan fingerprint density at radius 2 is 2.00 bits per heavy atom. The first-order valence-electron chi connectivity index (χ1n) is 12.7. The molecule has 0 radical (unpaired) electrons. The Morgan fingerprint density at radius 1 is 1.16 bits per heavy atom. The largest absolute Gasteiger partial charge is 0.471 e. The molecule has 3 aromatic heterocycles. The molecule has 38 heavy (non-hydrogen) atoms. The number of amides is 1. The molecule has 0 saturated carbocycles. The molecular formula is C27H30ClN7O3. The molecule has 0 aliphatic carbocycles. The van der Waals surface area contributed by atoms with Crippen LogP contribution in [0.5, 0.6) is 5.88 Å². The maximum absolute atomic E-state index is 12.5. The molecule has 11 heteroatoms. The summed E-state index contributed by atoms with van der Waals surface area (Å²) >= 11 is 6.02. The third-order valence-electron chi connectivity index (χ3n) is 6.14. The van der Waals surface area contributed by atoms with Crippen molar-refractivity contribution < 1.29 is 14.3 Å². The summed E-state index contributed by atoms with van der Waals surface area (Å²) in [6, 6.07) is 7.85. The van der Waals surface area contributed by atoms with Crippen LogP contribution in [-0.2, 0) is 11.3 Å². The lowest BCUT2D eigenvalue weighted by atomic mass is 10.1. The van der Waals surface area contributed by atoms with E-state index < -0.39 is 5.60 Å². The Hall–Kier alpha value is -3.79. The summed E-state index contributed by atoms with van der Waals surface area (Å²) in [7, 11) is 0. The van der Waals surface area contributed by atoms with Gasteiger partial charge in [-0.3, -0.25) is 9.67 Å². The van der Waals surface area contributed by atoms with Gasteiger partial charge in [-0.1, -0.05) is 6.07 Å². The number of hydrogen-bond donors (Lipinski definition) is 0. The van der Waals surface area contributed by atoms with Crippen LogP contribution in [0.2, 0.25) is 5.28 Å². The van der Waals surface area contributed by atoms with Crippen molar-refractivity contribution in [3.63, 3.8) is 0 Å². The van der Waals surface area contributed by atoms with E-state index in [1.165, 1.54) is 0 Å². The number of nitrogens with zero attached hydrogens (tertiary/aromatic N) is 7. The van der Waals surface area contributed by atoms with Crippen molar-refractivity contribution in [1.29, 1.82) is 0 Å². The molecule has 198 valence electrons. The summed E-state index contributed by atoms with van der Waals surface area (Å²) in [6.07, 6.45) is 5.98. The SMILES string of the molecule is CCn1nc(-c2cncc(OC3CCCN(C(=O)OC(C)(C)C)C3)n2)c2cc(-c3ccnc(Cl)n3)ccc21. The lowest BCUT2D eigenvalue weighted by molar-refractivity contribution is 0.00719. The minimum Gasteiger partial charge on any atom is -0.471 e. The number of aromatic nitrogens is 6. The molecule has 10 nitrogen and oxygen atoms in total. The summed E-state index contributed by atoms with van der Waals surface area (Å²) in [6.45, 7) is 9.39. The van der Waals surface area contributed by atoms with Gasteiger partial charge in [-0.2, -0.15) is 5.10 Å². The Kier molecular flexibility index (Phi) is 7.16. The highest BCUT2D eigenvalue weighted by atomic mass is 35.5. The highest BCUT2D eigenvalue weighted by molar-refractivity contribution is 6.28. The maximum atomic E-state index is 12.5. The van der Waals surface area contributed by atoms with E-state index in [1.807, 2.05) is 56.6 Å². The number of rotatable bonds is 5. The van der Waals surface area contributed by atoms with Crippen LogP contribution in [0.4, 0.5) is 4.79 Å². The quantitative estimate of drug-likeness (QED) is 0.312. The van der Waals surface area contributed by atoms with E-state index in [2.05, 4.69) is 15.0 Å². The molecule has 1 fully saturated rings. The standard InChI is InChI=1S/C27H30ClN7O3/c1-5-35-22-9-8-17(20-10-11-30-25(28)32-20)13-19(22)24(33-35)21-14-29-15-23(31-21)37-18-7-6-12-34(16-18)26(36)38-27(2,3)4/h8-11,13-15,18H,5-7,12,16H2,1-4H3. The minimum atomic E-state index is -0.547. The Balaban J connectivity index is 1.41. The van der Waals surface area contributed by atoms with Crippen molar-refractivity contribution >= 4 is 28.6 Å². The molecule has 1 atom stereocenters. The van der Waals surface area contributed by atoms with Crippen molar-refractivity contribution in [3.05, 3.63) is 48.1 Å². The summed E-state index contributed by atoms with van der Waals surface area (Å²) in [5.74, 6) is 0.386. The molecule has 1 aromatic carbocycles. The first kappa shape index (κ1) is 25.8. The highest BCUT2D eigenvalue weighted by Crippen LogP contribution is 2.31. The zero-order chi connectivity index (χ0) is 26.9. The van der Waals surface area contributed by atoms with Crippen molar-refractivity contribution in [2.75, 3.05) is 13.1 Å². The predicted molar refractivity (Wildman–Crippen MR) is 144 cm³/mol. The number of piperidine rings is 1. The molecule has 1 amide bonds. The van der Waals surface area contributed by atoms with Crippen molar-refractivity contribution in [3.8, 4) is 28.5 Å². The van der Waals surface area contributed by atoms with E-state index in [4.69, 9.17) is 31.2 Å². The predicted octanol–water partition coefficient (Wildman–Crippen LogP) is 5.40. The summed E-state index contributed by atoms with van der Waals surface area (Å²) in [5, 5.41) is 5.92. The van der Waals surface area contributed by atoms with Gasteiger partial charge in [0.15, 0.2) is 0 Å². The van der Waals surface area contributed by atoms with Gasteiger partial charge >= 0.3 is 6.09 Å². The highest BCUT2D eigenvalue weighted by Gasteiger charge is 2.29. The van der Waals surface area contributed by atoms with Crippen LogP contribution in [0.15, 0.2) is 42.9 Å². The van der Waals surface area contributed by atoms with Crippen molar-refractivity contribution in [1.82, 2.24) is 34.6 Å². The fourth-order valence-corrected chi connectivity index (χ4v) is 4.63. The molecule has 1 aliphatic rings. The summed E-state index contributed by atoms with van der Waals surface area (Å²) in [4.78, 5) is 31.7. The zero-order valence-electron chi connectivity index (χ0n) is 21.9. The van der Waals surface area contributed by atoms with Crippen LogP contribution in [0.1, 0.15) is 40.5 Å². The van der Waals surface area contributed by atoms with Gasteiger partial charge in [0.05, 0.1) is 30.1 Å². The Bertz CT molecular complexity index is 1470. The third kappa shape index (κ3) is 5.70. The number of carbonyl (C=O) groups excluding carboxylic acids is 1. The molecule has 0 spiro atoms. The first-order chi connectivity index (χ1) is 18.2. The number of halogens is 1. The minimum absolute atomic E-state index is 0.190. The average molecular weight is 536 g/mol. The second kappa shape index (κ2) is 10.5. The van der Waals surface area contributed by atoms with Gasteiger partial charge in [0.2, 0.25) is 11.2 Å². The monoisotopic (exact) mass is 535 g/mol. The van der Waals surface area contributed by atoms with E-state index in [1.54, 1.807) is 23.5 Å². The fourth-order valence-electron chi connectivity index (χ4n) is 4.48. The number of aryl methyl sites for hydroxylation is 1. The first-order valence-corrected chi connectivity index (χ1v) is 13.0. The fraction of sp³-hybridized carbons (Fsp3) is 0.407. The van der Waals surface area contributed by atoms with Crippen molar-refractivity contribution in [2.24, 2.45) is 0 Å². The summed E-state index contributed by atoms with van der Waals surface area (Å²) in [5.41, 5.74) is 3.33. The molecule has 4 aromatic rings. The molecule has 5 rings (SSSR count). The van der Waals surface area contributed by atoms with E-state index >= 15 is 0 Å². The van der Waals surface area contributed by atoms with Gasteiger partial charge in [0, 0.05) is 30.2 Å². The molecule has 4 heterocycles. The number of fused-ring (bicyclic) bond motifs is 1. The van der Waals surface area contributed by atoms with Crippen LogP contribution in [0.3, 0.4) is 0 Å². The van der Waals surface area contributed by atoms with Gasteiger partial charge in [0.25, 0.3) is 0 Å². The van der Waals surface area contributed by atoms with E-state index in [0.717, 1.165) is 35.0 Å². The number of likely N-dealkylation sites (tertiary alicyclic amines) is 1. The number of hydrogen-bond acceptors (Lipinski definition) is 8. The van der Waals surface area contributed by atoms with E-state index in [-0.39, 0.29) is 17.5 Å². The van der Waals surface area contributed by atoms with Crippen LogP contribution >= 0.6 is 11.6 Å². The van der Waals surface area contributed by atoms with E-state index in [0.29, 0.717) is 36.9 Å².